The van der Waals surface area contributed by atoms with Gasteiger partial charge in [-0.1, -0.05) is 55.5 Å². The van der Waals surface area contributed by atoms with Crippen LogP contribution in [0.2, 0.25) is 0 Å². The van der Waals surface area contributed by atoms with Crippen LogP contribution in [-0.2, 0) is 6.42 Å². The highest BCUT2D eigenvalue weighted by atomic mass is 32.1. The summed E-state index contributed by atoms with van der Waals surface area (Å²) >= 11 is 1.76. The van der Waals surface area contributed by atoms with Gasteiger partial charge >= 0.3 is 0 Å². The van der Waals surface area contributed by atoms with Crippen LogP contribution in [-0.4, -0.2) is 11.2 Å². The van der Waals surface area contributed by atoms with Crippen LogP contribution < -0.4 is 0 Å². The molecular weight excluding hydrogens is 276 g/mol. The summed E-state index contributed by atoms with van der Waals surface area (Å²) in [5, 5.41) is 13.9. The summed E-state index contributed by atoms with van der Waals surface area (Å²) in [6.07, 6.45) is 1.24. The Morgan fingerprint density at radius 3 is 2.52 bits per heavy atom. The number of thiophene rings is 1. The maximum atomic E-state index is 10.4. The molecule has 108 valence electrons. The van der Waals surface area contributed by atoms with Gasteiger partial charge in [-0.05, 0) is 46.7 Å². The number of benzene rings is 2. The fraction of sp³-hybridized carbons (Fsp3) is 0.263. The van der Waals surface area contributed by atoms with Crippen LogP contribution in [0.15, 0.2) is 60.0 Å². The molecule has 21 heavy (non-hydrogen) atoms. The second kappa shape index (κ2) is 6.42. The van der Waals surface area contributed by atoms with Gasteiger partial charge in [-0.3, -0.25) is 0 Å². The Hall–Kier alpha value is -1.64. The van der Waals surface area contributed by atoms with Gasteiger partial charge in [0.25, 0.3) is 0 Å². The topological polar surface area (TPSA) is 20.2 Å². The number of aliphatic hydroxyl groups is 1. The highest BCUT2D eigenvalue weighted by Crippen LogP contribution is 2.28. The third-order valence-electron chi connectivity index (χ3n) is 4.01. The lowest BCUT2D eigenvalue weighted by Crippen LogP contribution is -2.13. The van der Waals surface area contributed by atoms with Gasteiger partial charge in [-0.25, -0.2) is 0 Å². The normalized spacial score (nSPS) is 14.2. The van der Waals surface area contributed by atoms with Gasteiger partial charge in [0.05, 0.1) is 6.10 Å². The van der Waals surface area contributed by atoms with Gasteiger partial charge in [-0.15, -0.1) is 11.3 Å². The van der Waals surface area contributed by atoms with Crippen molar-refractivity contribution in [1.29, 1.82) is 0 Å². The Balaban J connectivity index is 1.68. The van der Waals surface area contributed by atoms with Crippen LogP contribution in [0.25, 0.3) is 10.1 Å². The van der Waals surface area contributed by atoms with Crippen LogP contribution in [0.1, 0.15) is 30.4 Å². The van der Waals surface area contributed by atoms with Gasteiger partial charge in [0.15, 0.2) is 0 Å². The molecule has 0 amide bonds. The van der Waals surface area contributed by atoms with Crippen LogP contribution >= 0.6 is 11.3 Å². The average Bonchev–Trinajstić information content (AvgIpc) is 2.91. The highest BCUT2D eigenvalue weighted by Gasteiger charge is 2.14. The molecule has 0 aliphatic heterocycles. The summed E-state index contributed by atoms with van der Waals surface area (Å²) in [7, 11) is 0. The van der Waals surface area contributed by atoms with E-state index in [2.05, 4.69) is 60.8 Å². The van der Waals surface area contributed by atoms with Gasteiger partial charge in [0, 0.05) is 4.70 Å². The minimum atomic E-state index is -0.293. The summed E-state index contributed by atoms with van der Waals surface area (Å²) in [5.74, 6) is 0.381. The van der Waals surface area contributed by atoms with Crippen molar-refractivity contribution < 1.29 is 5.11 Å². The molecule has 2 unspecified atom stereocenters. The van der Waals surface area contributed by atoms with Crippen molar-refractivity contribution in [3.8, 4) is 0 Å². The first kappa shape index (κ1) is 14.3. The van der Waals surface area contributed by atoms with E-state index in [-0.39, 0.29) is 6.10 Å². The molecule has 0 aliphatic carbocycles. The first-order valence-electron chi connectivity index (χ1n) is 7.42. The predicted molar refractivity (Wildman–Crippen MR) is 91.0 cm³/mol. The molecule has 1 nitrogen and oxygen atoms in total. The van der Waals surface area contributed by atoms with Gasteiger partial charge < -0.3 is 5.11 Å². The average molecular weight is 296 g/mol. The van der Waals surface area contributed by atoms with E-state index in [0.717, 1.165) is 12.8 Å². The number of aliphatic hydroxyl groups excluding tert-OH is 1. The second-order valence-electron chi connectivity index (χ2n) is 5.66. The van der Waals surface area contributed by atoms with E-state index in [1.165, 1.54) is 21.2 Å². The fourth-order valence-electron chi connectivity index (χ4n) is 2.85. The van der Waals surface area contributed by atoms with E-state index in [1.54, 1.807) is 11.3 Å². The van der Waals surface area contributed by atoms with Crippen molar-refractivity contribution >= 4 is 21.4 Å². The van der Waals surface area contributed by atoms with E-state index in [4.69, 9.17) is 0 Å². The SMILES string of the molecule is CC(CC(O)Cc1csc2ccccc12)c1ccccc1. The van der Waals surface area contributed by atoms with Gasteiger partial charge in [0.2, 0.25) is 0 Å². The quantitative estimate of drug-likeness (QED) is 0.702. The number of rotatable bonds is 5. The van der Waals surface area contributed by atoms with Gasteiger partial charge in [0.1, 0.15) is 0 Å². The zero-order valence-corrected chi connectivity index (χ0v) is 13.0. The summed E-state index contributed by atoms with van der Waals surface area (Å²) in [4.78, 5) is 0. The molecule has 2 aromatic carbocycles. The van der Waals surface area contributed by atoms with E-state index in [1.807, 2.05) is 6.07 Å². The summed E-state index contributed by atoms with van der Waals surface area (Å²) < 4.78 is 1.30. The molecule has 0 aliphatic rings. The molecule has 0 fully saturated rings. The molecule has 3 aromatic rings. The van der Waals surface area contributed by atoms with Crippen molar-refractivity contribution in [3.05, 3.63) is 71.1 Å². The third kappa shape index (κ3) is 3.34. The minimum Gasteiger partial charge on any atom is -0.393 e. The first-order valence-corrected chi connectivity index (χ1v) is 8.30. The van der Waals surface area contributed by atoms with Crippen LogP contribution in [0.5, 0.6) is 0 Å². The Kier molecular flexibility index (Phi) is 4.37. The zero-order valence-electron chi connectivity index (χ0n) is 12.2. The molecule has 1 aromatic heterocycles. The maximum absolute atomic E-state index is 10.4. The molecule has 0 saturated heterocycles. The highest BCUT2D eigenvalue weighted by molar-refractivity contribution is 7.17. The third-order valence-corrected chi connectivity index (χ3v) is 5.02. The van der Waals surface area contributed by atoms with Crippen LogP contribution in [0.3, 0.4) is 0 Å². The fourth-order valence-corrected chi connectivity index (χ4v) is 3.83. The minimum absolute atomic E-state index is 0.293. The molecule has 0 radical (unpaired) electrons. The molecule has 0 saturated carbocycles. The van der Waals surface area contributed by atoms with Crippen LogP contribution in [0.4, 0.5) is 0 Å². The molecule has 1 heterocycles. The second-order valence-corrected chi connectivity index (χ2v) is 6.57. The van der Waals surface area contributed by atoms with Crippen molar-refractivity contribution in [2.45, 2.75) is 31.8 Å². The van der Waals surface area contributed by atoms with Crippen molar-refractivity contribution in [1.82, 2.24) is 0 Å². The maximum Gasteiger partial charge on any atom is 0.0586 e. The standard InChI is InChI=1S/C19H20OS/c1-14(15-7-3-2-4-8-15)11-17(20)12-16-13-21-19-10-6-5-9-18(16)19/h2-10,13-14,17,20H,11-12H2,1H3. The zero-order chi connectivity index (χ0) is 14.7. The summed E-state index contributed by atoms with van der Waals surface area (Å²) in [5.41, 5.74) is 2.56. The Bertz CT molecular complexity index is 702. The van der Waals surface area contributed by atoms with E-state index < -0.39 is 0 Å². The molecular formula is C19H20OS. The predicted octanol–water partition coefficient (Wildman–Crippen LogP) is 5.00. The van der Waals surface area contributed by atoms with Gasteiger partial charge in [-0.2, -0.15) is 0 Å². The number of fused-ring (bicyclic) bond motifs is 1. The van der Waals surface area contributed by atoms with E-state index >= 15 is 0 Å². The molecule has 2 atom stereocenters. The Labute approximate surface area is 129 Å². The number of hydrogen-bond donors (Lipinski definition) is 1. The van der Waals surface area contributed by atoms with Crippen molar-refractivity contribution in [3.63, 3.8) is 0 Å². The molecule has 2 heteroatoms. The molecule has 1 N–H and O–H groups in total. The largest absolute Gasteiger partial charge is 0.393 e. The lowest BCUT2D eigenvalue weighted by atomic mass is 9.92. The molecule has 0 spiro atoms. The summed E-state index contributed by atoms with van der Waals surface area (Å²) in [6, 6.07) is 18.8. The van der Waals surface area contributed by atoms with Crippen molar-refractivity contribution in [2.75, 3.05) is 0 Å². The lowest BCUT2D eigenvalue weighted by molar-refractivity contribution is 0.158. The van der Waals surface area contributed by atoms with Crippen molar-refractivity contribution in [2.24, 2.45) is 0 Å². The lowest BCUT2D eigenvalue weighted by Gasteiger charge is -2.16. The summed E-state index contributed by atoms with van der Waals surface area (Å²) in [6.45, 7) is 2.18. The Morgan fingerprint density at radius 1 is 1.00 bits per heavy atom. The Morgan fingerprint density at radius 2 is 1.71 bits per heavy atom. The van der Waals surface area contributed by atoms with Crippen LogP contribution in [0, 0.1) is 0 Å². The smallest absolute Gasteiger partial charge is 0.0586 e. The van der Waals surface area contributed by atoms with E-state index in [0.29, 0.717) is 5.92 Å². The van der Waals surface area contributed by atoms with E-state index in [9.17, 15) is 5.11 Å². The number of hydrogen-bond acceptors (Lipinski definition) is 2. The molecule has 0 bridgehead atoms. The monoisotopic (exact) mass is 296 g/mol. The molecule has 3 rings (SSSR count). The first-order chi connectivity index (χ1) is 10.2.